The Morgan fingerprint density at radius 2 is 1.76 bits per heavy atom. The number of carbonyl (C=O) groups is 1. The Morgan fingerprint density at radius 1 is 1.17 bits per heavy atom. The molecule has 0 aliphatic carbocycles. The molecule has 2 rings (SSSR count). The van der Waals surface area contributed by atoms with Crippen molar-refractivity contribution in [1.82, 2.24) is 5.32 Å². The zero-order chi connectivity index (χ0) is 22.0. The van der Waals surface area contributed by atoms with Gasteiger partial charge in [-0.1, -0.05) is 12.1 Å². The normalized spacial score (nSPS) is 18.5. The first kappa shape index (κ1) is 23.3. The Labute approximate surface area is 175 Å². The summed E-state index contributed by atoms with van der Waals surface area (Å²) in [6.45, 7) is 15.7. The van der Waals surface area contributed by atoms with Crippen molar-refractivity contribution >= 4 is 19.3 Å². The summed E-state index contributed by atoms with van der Waals surface area (Å²) in [5.74, 6) is 0.825. The summed E-state index contributed by atoms with van der Waals surface area (Å²) < 4.78 is 23.1. The second-order valence-electron chi connectivity index (χ2n) is 9.39. The van der Waals surface area contributed by atoms with Crippen molar-refractivity contribution in [3.05, 3.63) is 34.8 Å². The van der Waals surface area contributed by atoms with Crippen LogP contribution in [0.4, 0.5) is 4.79 Å². The molecule has 1 aromatic rings. The molecular formula is C22H34BNO5. The molecule has 1 aliphatic rings. The molecule has 0 radical (unpaired) electrons. The molecule has 0 spiro atoms. The predicted molar refractivity (Wildman–Crippen MR) is 116 cm³/mol. The number of alkyl carbamates (subject to hydrolysis) is 1. The number of aryl methyl sites for hydroxylation is 1. The van der Waals surface area contributed by atoms with Crippen LogP contribution in [0, 0.1) is 6.92 Å². The molecule has 1 aromatic carbocycles. The average Bonchev–Trinajstić information content (AvgIpc) is 2.77. The second-order valence-corrected chi connectivity index (χ2v) is 9.39. The Balaban J connectivity index is 2.28. The summed E-state index contributed by atoms with van der Waals surface area (Å²) in [4.78, 5) is 12.2. The lowest BCUT2D eigenvalue weighted by atomic mass is 9.77. The van der Waals surface area contributed by atoms with Crippen LogP contribution in [0.1, 0.15) is 59.6 Å². The minimum Gasteiger partial charge on any atom is -0.496 e. The first-order chi connectivity index (χ1) is 13.2. The molecule has 0 saturated carbocycles. The van der Waals surface area contributed by atoms with Crippen LogP contribution in [0.3, 0.4) is 0 Å². The van der Waals surface area contributed by atoms with Crippen LogP contribution in [-0.4, -0.2) is 43.7 Å². The van der Waals surface area contributed by atoms with E-state index in [1.807, 2.05) is 79.7 Å². The summed E-state index contributed by atoms with van der Waals surface area (Å²) in [5.41, 5.74) is 1.29. The van der Waals surface area contributed by atoms with Gasteiger partial charge < -0.3 is 24.1 Å². The quantitative estimate of drug-likeness (QED) is 0.731. The number of ether oxygens (including phenoxy) is 2. The maximum absolute atomic E-state index is 12.2. The number of benzene rings is 1. The third-order valence-corrected chi connectivity index (χ3v) is 5.16. The van der Waals surface area contributed by atoms with Gasteiger partial charge in [0.25, 0.3) is 0 Å². The molecular weight excluding hydrogens is 369 g/mol. The highest BCUT2D eigenvalue weighted by atomic mass is 16.7. The summed E-state index contributed by atoms with van der Waals surface area (Å²) >= 11 is 0. The van der Waals surface area contributed by atoms with Gasteiger partial charge in [0.1, 0.15) is 11.4 Å². The second kappa shape index (κ2) is 8.40. The maximum atomic E-state index is 12.2. The van der Waals surface area contributed by atoms with E-state index in [1.165, 1.54) is 0 Å². The molecule has 0 unspecified atom stereocenters. The van der Waals surface area contributed by atoms with E-state index in [4.69, 9.17) is 18.8 Å². The van der Waals surface area contributed by atoms with Gasteiger partial charge in [-0.2, -0.15) is 0 Å². The third kappa shape index (κ3) is 6.00. The van der Waals surface area contributed by atoms with E-state index < -0.39 is 30.0 Å². The standard InChI is InChI=1S/C22H34BNO5/c1-15-12-16(10-11-18(15)26-9)13-17(14-24-19(25)27-20(2,3)4)23-28-21(5,6)22(7,8)29-23/h10-13H,14H2,1-9H3,(H,24,25). The van der Waals surface area contributed by atoms with Crippen LogP contribution in [0.25, 0.3) is 6.08 Å². The van der Waals surface area contributed by atoms with E-state index in [-0.39, 0.29) is 6.54 Å². The Kier molecular flexibility index (Phi) is 6.75. The highest BCUT2D eigenvalue weighted by molar-refractivity contribution is 6.56. The van der Waals surface area contributed by atoms with Crippen LogP contribution in [-0.2, 0) is 14.0 Å². The molecule has 7 heteroatoms. The molecule has 0 atom stereocenters. The van der Waals surface area contributed by atoms with Gasteiger partial charge in [0.2, 0.25) is 0 Å². The molecule has 1 fully saturated rings. The van der Waals surface area contributed by atoms with Gasteiger partial charge in [0, 0.05) is 6.54 Å². The number of methoxy groups -OCH3 is 1. The molecule has 0 aromatic heterocycles. The molecule has 160 valence electrons. The van der Waals surface area contributed by atoms with Crippen LogP contribution in [0.2, 0.25) is 0 Å². The van der Waals surface area contributed by atoms with Gasteiger partial charge in [0.15, 0.2) is 0 Å². The van der Waals surface area contributed by atoms with Gasteiger partial charge in [0.05, 0.1) is 18.3 Å². The SMILES string of the molecule is COc1ccc(C=C(CNC(=O)OC(C)(C)C)B2OC(C)(C)C(C)(C)O2)cc1C. The minimum atomic E-state index is -0.572. The highest BCUT2D eigenvalue weighted by Crippen LogP contribution is 2.38. The number of hydrogen-bond donors (Lipinski definition) is 1. The van der Waals surface area contributed by atoms with E-state index >= 15 is 0 Å². The minimum absolute atomic E-state index is 0.247. The van der Waals surface area contributed by atoms with Crippen molar-refractivity contribution in [3.8, 4) is 5.75 Å². The first-order valence-electron chi connectivity index (χ1n) is 9.92. The van der Waals surface area contributed by atoms with Gasteiger partial charge in [-0.25, -0.2) is 4.79 Å². The van der Waals surface area contributed by atoms with Gasteiger partial charge in [-0.3, -0.25) is 0 Å². The summed E-state index contributed by atoms with van der Waals surface area (Å²) in [5, 5.41) is 2.81. The van der Waals surface area contributed by atoms with E-state index in [2.05, 4.69) is 5.32 Å². The number of amides is 1. The first-order valence-corrected chi connectivity index (χ1v) is 9.92. The summed E-state index contributed by atoms with van der Waals surface area (Å²) in [7, 11) is 1.08. The zero-order valence-corrected chi connectivity index (χ0v) is 19.1. The van der Waals surface area contributed by atoms with E-state index in [0.29, 0.717) is 0 Å². The van der Waals surface area contributed by atoms with Crippen LogP contribution in [0.5, 0.6) is 5.75 Å². The number of nitrogens with one attached hydrogen (secondary N) is 1. The molecule has 1 heterocycles. The smallest absolute Gasteiger partial charge is 0.492 e. The van der Waals surface area contributed by atoms with Crippen LogP contribution < -0.4 is 10.1 Å². The fraction of sp³-hybridized carbons (Fsp3) is 0.591. The largest absolute Gasteiger partial charge is 0.496 e. The third-order valence-electron chi connectivity index (χ3n) is 5.16. The molecule has 29 heavy (non-hydrogen) atoms. The number of hydrogen-bond acceptors (Lipinski definition) is 5. The average molecular weight is 403 g/mol. The lowest BCUT2D eigenvalue weighted by molar-refractivity contribution is 0.00578. The molecule has 1 saturated heterocycles. The number of rotatable bonds is 5. The van der Waals surface area contributed by atoms with Crippen molar-refractivity contribution in [1.29, 1.82) is 0 Å². The Hall–Kier alpha value is -1.99. The van der Waals surface area contributed by atoms with Crippen molar-refractivity contribution in [2.45, 2.75) is 72.2 Å². The fourth-order valence-corrected chi connectivity index (χ4v) is 2.89. The zero-order valence-electron chi connectivity index (χ0n) is 19.1. The fourth-order valence-electron chi connectivity index (χ4n) is 2.89. The highest BCUT2D eigenvalue weighted by Gasteiger charge is 2.52. The molecule has 1 N–H and O–H groups in total. The van der Waals surface area contributed by atoms with Gasteiger partial charge >= 0.3 is 13.2 Å². The molecule has 6 nitrogen and oxygen atoms in total. The van der Waals surface area contributed by atoms with Gasteiger partial charge in [-0.05, 0) is 84.1 Å². The maximum Gasteiger partial charge on any atom is 0.492 e. The Bertz CT molecular complexity index is 764. The van der Waals surface area contributed by atoms with E-state index in [0.717, 1.165) is 22.3 Å². The van der Waals surface area contributed by atoms with Crippen molar-refractivity contribution in [2.24, 2.45) is 0 Å². The lowest BCUT2D eigenvalue weighted by Gasteiger charge is -2.32. The summed E-state index contributed by atoms with van der Waals surface area (Å²) in [6, 6.07) is 5.91. The predicted octanol–water partition coefficient (Wildman–Crippen LogP) is 4.54. The molecule has 1 aliphatic heterocycles. The summed E-state index contributed by atoms with van der Waals surface area (Å²) in [6.07, 6.45) is 1.50. The molecule has 1 amide bonds. The van der Waals surface area contributed by atoms with E-state index in [1.54, 1.807) is 7.11 Å². The number of carbonyl (C=O) groups excluding carboxylic acids is 1. The monoisotopic (exact) mass is 403 g/mol. The topological polar surface area (TPSA) is 66.0 Å². The van der Waals surface area contributed by atoms with Crippen molar-refractivity contribution in [3.63, 3.8) is 0 Å². The molecule has 0 bridgehead atoms. The Morgan fingerprint density at radius 3 is 2.24 bits per heavy atom. The van der Waals surface area contributed by atoms with Crippen LogP contribution >= 0.6 is 0 Å². The lowest BCUT2D eigenvalue weighted by Crippen LogP contribution is -2.41. The van der Waals surface area contributed by atoms with E-state index in [9.17, 15) is 4.79 Å². The van der Waals surface area contributed by atoms with Crippen molar-refractivity contribution < 1.29 is 23.6 Å². The van der Waals surface area contributed by atoms with Crippen molar-refractivity contribution in [2.75, 3.05) is 13.7 Å². The van der Waals surface area contributed by atoms with Gasteiger partial charge in [-0.15, -0.1) is 0 Å². The van der Waals surface area contributed by atoms with Crippen LogP contribution in [0.15, 0.2) is 23.7 Å².